The minimum Gasteiger partial charge on any atom is -0.497 e. The zero-order valence-electron chi connectivity index (χ0n) is 11.8. The molecule has 20 heavy (non-hydrogen) atoms. The van der Waals surface area contributed by atoms with Crippen molar-refractivity contribution in [3.05, 3.63) is 41.7 Å². The molecule has 5 heteroatoms. The standard InChI is InChI=1S/C15H18N2O3/c1-10-6-13(18-2)8-12(17-10)9-20-15-7-11(16)4-5-14(15)19-3/h4-8H,9,16H2,1-3H3. The van der Waals surface area contributed by atoms with E-state index in [2.05, 4.69) is 4.98 Å². The maximum absolute atomic E-state index is 5.75. The minimum absolute atomic E-state index is 0.317. The topological polar surface area (TPSA) is 66.6 Å². The van der Waals surface area contributed by atoms with E-state index in [9.17, 15) is 0 Å². The van der Waals surface area contributed by atoms with Gasteiger partial charge in [0.1, 0.15) is 12.4 Å². The number of nitrogen functional groups attached to an aromatic ring is 1. The molecule has 0 atom stereocenters. The number of nitrogens with two attached hydrogens (primary N) is 1. The Morgan fingerprint density at radius 3 is 2.55 bits per heavy atom. The van der Waals surface area contributed by atoms with Crippen LogP contribution in [0.4, 0.5) is 5.69 Å². The average Bonchev–Trinajstić information content (AvgIpc) is 2.44. The summed E-state index contributed by atoms with van der Waals surface area (Å²) in [5.41, 5.74) is 8.03. The van der Waals surface area contributed by atoms with Crippen LogP contribution in [0.15, 0.2) is 30.3 Å². The van der Waals surface area contributed by atoms with Gasteiger partial charge in [0.25, 0.3) is 0 Å². The van der Waals surface area contributed by atoms with E-state index in [0.717, 1.165) is 17.1 Å². The summed E-state index contributed by atoms with van der Waals surface area (Å²) in [6.45, 7) is 2.23. The molecule has 0 spiro atoms. The smallest absolute Gasteiger partial charge is 0.163 e. The van der Waals surface area contributed by atoms with Crippen LogP contribution in [0.2, 0.25) is 0 Å². The van der Waals surface area contributed by atoms with Gasteiger partial charge in [-0.25, -0.2) is 0 Å². The summed E-state index contributed by atoms with van der Waals surface area (Å²) < 4.78 is 16.2. The average molecular weight is 274 g/mol. The summed E-state index contributed by atoms with van der Waals surface area (Å²) in [4.78, 5) is 4.40. The zero-order chi connectivity index (χ0) is 14.5. The zero-order valence-corrected chi connectivity index (χ0v) is 11.8. The maximum atomic E-state index is 5.75. The van der Waals surface area contributed by atoms with Gasteiger partial charge in [0.15, 0.2) is 11.5 Å². The Balaban J connectivity index is 2.16. The van der Waals surface area contributed by atoms with Gasteiger partial charge in [0.05, 0.1) is 19.9 Å². The van der Waals surface area contributed by atoms with Crippen LogP contribution < -0.4 is 19.9 Å². The lowest BCUT2D eigenvalue weighted by Crippen LogP contribution is -2.02. The van der Waals surface area contributed by atoms with Gasteiger partial charge in [0.2, 0.25) is 0 Å². The van der Waals surface area contributed by atoms with Crippen molar-refractivity contribution in [3.8, 4) is 17.2 Å². The lowest BCUT2D eigenvalue weighted by atomic mass is 10.2. The van der Waals surface area contributed by atoms with E-state index in [1.807, 2.05) is 19.1 Å². The number of ether oxygens (including phenoxy) is 3. The molecule has 0 saturated carbocycles. The van der Waals surface area contributed by atoms with Crippen LogP contribution in [-0.2, 0) is 6.61 Å². The molecular formula is C15H18N2O3. The van der Waals surface area contributed by atoms with Gasteiger partial charge >= 0.3 is 0 Å². The third-order valence-electron chi connectivity index (χ3n) is 2.78. The Morgan fingerprint density at radius 2 is 1.85 bits per heavy atom. The van der Waals surface area contributed by atoms with Crippen molar-refractivity contribution in [1.29, 1.82) is 0 Å². The molecule has 0 bridgehead atoms. The van der Waals surface area contributed by atoms with Crippen molar-refractivity contribution in [3.63, 3.8) is 0 Å². The van der Waals surface area contributed by atoms with Crippen molar-refractivity contribution in [2.75, 3.05) is 20.0 Å². The second-order valence-corrected chi connectivity index (χ2v) is 4.34. The molecule has 0 aliphatic heterocycles. The molecule has 0 unspecified atom stereocenters. The molecular weight excluding hydrogens is 256 g/mol. The Labute approximate surface area is 118 Å². The molecule has 2 N–H and O–H groups in total. The van der Waals surface area contributed by atoms with E-state index >= 15 is 0 Å². The summed E-state index contributed by atoms with van der Waals surface area (Å²) in [6, 6.07) is 8.97. The van der Waals surface area contributed by atoms with Crippen molar-refractivity contribution < 1.29 is 14.2 Å². The largest absolute Gasteiger partial charge is 0.497 e. The highest BCUT2D eigenvalue weighted by Crippen LogP contribution is 2.29. The molecule has 5 nitrogen and oxygen atoms in total. The van der Waals surface area contributed by atoms with Crippen molar-refractivity contribution in [1.82, 2.24) is 4.98 Å². The Bertz CT molecular complexity index is 600. The molecule has 106 valence electrons. The second-order valence-electron chi connectivity index (χ2n) is 4.34. The fourth-order valence-corrected chi connectivity index (χ4v) is 1.85. The number of hydrogen-bond donors (Lipinski definition) is 1. The van der Waals surface area contributed by atoms with Gasteiger partial charge in [0, 0.05) is 29.6 Å². The van der Waals surface area contributed by atoms with Crippen LogP contribution in [0.1, 0.15) is 11.4 Å². The summed E-state index contributed by atoms with van der Waals surface area (Å²) in [5.74, 6) is 1.99. The number of nitrogens with zero attached hydrogens (tertiary/aromatic N) is 1. The number of aromatic nitrogens is 1. The normalized spacial score (nSPS) is 10.2. The summed E-state index contributed by atoms with van der Waals surface area (Å²) in [7, 11) is 3.21. The van der Waals surface area contributed by atoms with Gasteiger partial charge in [-0.05, 0) is 19.1 Å². The van der Waals surface area contributed by atoms with E-state index in [1.165, 1.54) is 0 Å². The number of rotatable bonds is 5. The van der Waals surface area contributed by atoms with Gasteiger partial charge in [-0.3, -0.25) is 4.98 Å². The lowest BCUT2D eigenvalue weighted by molar-refractivity contribution is 0.280. The Morgan fingerprint density at radius 1 is 1.05 bits per heavy atom. The molecule has 1 heterocycles. The number of methoxy groups -OCH3 is 2. The Hall–Kier alpha value is -2.43. The third kappa shape index (κ3) is 3.32. The fourth-order valence-electron chi connectivity index (χ4n) is 1.85. The summed E-state index contributed by atoms with van der Waals surface area (Å²) in [5, 5.41) is 0. The Kier molecular flexibility index (Phi) is 4.30. The molecule has 0 aliphatic carbocycles. The van der Waals surface area contributed by atoms with Crippen LogP contribution in [-0.4, -0.2) is 19.2 Å². The molecule has 1 aromatic carbocycles. The van der Waals surface area contributed by atoms with Crippen molar-refractivity contribution in [2.24, 2.45) is 0 Å². The van der Waals surface area contributed by atoms with Gasteiger partial charge in [-0.2, -0.15) is 0 Å². The third-order valence-corrected chi connectivity index (χ3v) is 2.78. The first-order valence-electron chi connectivity index (χ1n) is 6.20. The van der Waals surface area contributed by atoms with Crippen molar-refractivity contribution >= 4 is 5.69 Å². The number of aryl methyl sites for hydroxylation is 1. The highest BCUT2D eigenvalue weighted by Gasteiger charge is 2.07. The molecule has 0 fully saturated rings. The molecule has 0 aliphatic rings. The molecule has 0 radical (unpaired) electrons. The SMILES string of the molecule is COc1cc(C)nc(COc2cc(N)ccc2OC)c1. The number of benzene rings is 1. The molecule has 2 rings (SSSR count). The number of pyridine rings is 1. The number of hydrogen-bond acceptors (Lipinski definition) is 5. The fraction of sp³-hybridized carbons (Fsp3) is 0.267. The van der Waals surface area contributed by atoms with E-state index in [1.54, 1.807) is 32.4 Å². The van der Waals surface area contributed by atoms with Crippen LogP contribution >= 0.6 is 0 Å². The molecule has 1 aromatic heterocycles. The van der Waals surface area contributed by atoms with Crippen LogP contribution in [0.5, 0.6) is 17.2 Å². The maximum Gasteiger partial charge on any atom is 0.163 e. The second kappa shape index (κ2) is 6.14. The molecule has 0 saturated heterocycles. The predicted molar refractivity (Wildman–Crippen MR) is 77.3 cm³/mol. The first-order valence-corrected chi connectivity index (χ1v) is 6.20. The quantitative estimate of drug-likeness (QED) is 0.849. The first kappa shape index (κ1) is 14.0. The van der Waals surface area contributed by atoms with Crippen molar-refractivity contribution in [2.45, 2.75) is 13.5 Å². The highest BCUT2D eigenvalue weighted by molar-refractivity contribution is 5.51. The van der Waals surface area contributed by atoms with Gasteiger partial charge in [-0.1, -0.05) is 0 Å². The van der Waals surface area contributed by atoms with E-state index in [0.29, 0.717) is 23.8 Å². The van der Waals surface area contributed by atoms with Crippen LogP contribution in [0, 0.1) is 6.92 Å². The van der Waals surface area contributed by atoms with E-state index in [-0.39, 0.29) is 0 Å². The monoisotopic (exact) mass is 274 g/mol. The summed E-state index contributed by atoms with van der Waals surface area (Å²) in [6.07, 6.45) is 0. The van der Waals surface area contributed by atoms with Crippen LogP contribution in [0.3, 0.4) is 0 Å². The molecule has 2 aromatic rings. The van der Waals surface area contributed by atoms with Crippen LogP contribution in [0.25, 0.3) is 0 Å². The molecule has 0 amide bonds. The van der Waals surface area contributed by atoms with Gasteiger partial charge < -0.3 is 19.9 Å². The lowest BCUT2D eigenvalue weighted by Gasteiger charge is -2.12. The van der Waals surface area contributed by atoms with Gasteiger partial charge in [-0.15, -0.1) is 0 Å². The summed E-state index contributed by atoms with van der Waals surface area (Å²) >= 11 is 0. The highest BCUT2D eigenvalue weighted by atomic mass is 16.5. The number of anilines is 1. The first-order chi connectivity index (χ1) is 9.62. The predicted octanol–water partition coefficient (Wildman–Crippen LogP) is 2.57. The van der Waals surface area contributed by atoms with E-state index < -0.39 is 0 Å². The minimum atomic E-state index is 0.317. The van der Waals surface area contributed by atoms with E-state index in [4.69, 9.17) is 19.9 Å².